The predicted octanol–water partition coefficient (Wildman–Crippen LogP) is 4.10. The molecule has 35 heavy (non-hydrogen) atoms. The van der Waals surface area contributed by atoms with E-state index in [1.807, 2.05) is 71.9 Å². The first-order chi connectivity index (χ1) is 16.4. The van der Waals surface area contributed by atoms with Crippen LogP contribution in [-0.4, -0.2) is 50.0 Å². The van der Waals surface area contributed by atoms with Gasteiger partial charge in [-0.15, -0.1) is 0 Å². The van der Waals surface area contributed by atoms with Crippen molar-refractivity contribution in [3.05, 3.63) is 64.7 Å². The summed E-state index contributed by atoms with van der Waals surface area (Å²) in [6.07, 6.45) is 2.26. The zero-order valence-electron chi connectivity index (χ0n) is 22.0. The molecule has 1 N–H and O–H groups in total. The first-order valence-electron chi connectivity index (χ1n) is 12.1. The van der Waals surface area contributed by atoms with Crippen LogP contribution in [0.1, 0.15) is 55.9 Å². The number of rotatable bonds is 11. The molecule has 2 aromatic rings. The van der Waals surface area contributed by atoms with Gasteiger partial charge >= 0.3 is 0 Å². The van der Waals surface area contributed by atoms with E-state index in [0.717, 1.165) is 39.2 Å². The minimum atomic E-state index is -3.75. The van der Waals surface area contributed by atoms with Gasteiger partial charge in [-0.2, -0.15) is 0 Å². The fourth-order valence-corrected chi connectivity index (χ4v) is 4.67. The van der Waals surface area contributed by atoms with Crippen molar-refractivity contribution in [2.24, 2.45) is 0 Å². The molecule has 2 rings (SSSR count). The highest BCUT2D eigenvalue weighted by Crippen LogP contribution is 2.23. The third-order valence-corrected chi connectivity index (χ3v) is 7.59. The molecule has 0 radical (unpaired) electrons. The largest absolute Gasteiger partial charge is 0.352 e. The highest BCUT2D eigenvalue weighted by Gasteiger charge is 2.32. The number of aryl methyl sites for hydroxylation is 3. The highest BCUT2D eigenvalue weighted by atomic mass is 32.2. The highest BCUT2D eigenvalue weighted by molar-refractivity contribution is 7.92. The quantitative estimate of drug-likeness (QED) is 0.502. The summed E-state index contributed by atoms with van der Waals surface area (Å²) in [7, 11) is -3.75. The fraction of sp³-hybridized carbons (Fsp3) is 0.481. The molecular formula is C27H39N3O4S. The van der Waals surface area contributed by atoms with Gasteiger partial charge in [-0.05, 0) is 74.9 Å². The second kappa shape index (κ2) is 12.2. The van der Waals surface area contributed by atoms with Crippen LogP contribution < -0.4 is 9.62 Å². The number of nitrogens with zero attached hydrogens (tertiary/aromatic N) is 2. The number of benzene rings is 2. The van der Waals surface area contributed by atoms with Crippen molar-refractivity contribution in [2.45, 2.75) is 73.0 Å². The molecule has 0 aliphatic rings. The van der Waals surface area contributed by atoms with Crippen molar-refractivity contribution < 1.29 is 18.0 Å². The van der Waals surface area contributed by atoms with Gasteiger partial charge in [0, 0.05) is 12.6 Å². The Balaban J connectivity index is 2.47. The Morgan fingerprint density at radius 1 is 0.943 bits per heavy atom. The lowest BCUT2D eigenvalue weighted by Gasteiger charge is -2.33. The third-order valence-electron chi connectivity index (χ3n) is 6.45. The summed E-state index contributed by atoms with van der Waals surface area (Å²) in [4.78, 5) is 28.4. The van der Waals surface area contributed by atoms with Crippen molar-refractivity contribution in [1.29, 1.82) is 0 Å². The van der Waals surface area contributed by atoms with Crippen LogP contribution in [0, 0.1) is 20.8 Å². The monoisotopic (exact) mass is 501 g/mol. The molecule has 0 unspecified atom stereocenters. The molecule has 2 aromatic carbocycles. The van der Waals surface area contributed by atoms with Gasteiger partial charge in [0.2, 0.25) is 21.8 Å². The molecule has 192 valence electrons. The summed E-state index contributed by atoms with van der Waals surface area (Å²) in [5.41, 5.74) is 4.29. The lowest BCUT2D eigenvalue weighted by molar-refractivity contribution is -0.140. The van der Waals surface area contributed by atoms with Crippen LogP contribution in [0.5, 0.6) is 0 Å². The van der Waals surface area contributed by atoms with E-state index in [9.17, 15) is 18.0 Å². The topological polar surface area (TPSA) is 86.8 Å². The number of anilines is 1. The molecular weight excluding hydrogens is 462 g/mol. The first-order valence-corrected chi connectivity index (χ1v) is 13.9. The Morgan fingerprint density at radius 3 is 2.14 bits per heavy atom. The van der Waals surface area contributed by atoms with E-state index in [1.54, 1.807) is 12.1 Å². The number of hydrogen-bond donors (Lipinski definition) is 1. The minimum absolute atomic E-state index is 0.0324. The summed E-state index contributed by atoms with van der Waals surface area (Å²) >= 11 is 0. The van der Waals surface area contributed by atoms with Crippen molar-refractivity contribution in [1.82, 2.24) is 10.2 Å². The zero-order valence-corrected chi connectivity index (χ0v) is 22.8. The fourth-order valence-electron chi connectivity index (χ4n) is 3.83. The van der Waals surface area contributed by atoms with Gasteiger partial charge in [0.05, 0.1) is 11.9 Å². The van der Waals surface area contributed by atoms with Crippen molar-refractivity contribution in [3.8, 4) is 0 Å². The van der Waals surface area contributed by atoms with E-state index < -0.39 is 22.0 Å². The number of carbonyl (C=O) groups is 2. The summed E-state index contributed by atoms with van der Waals surface area (Å²) in [5.74, 6) is -0.663. The Kier molecular flexibility index (Phi) is 9.89. The molecule has 0 saturated carbocycles. The van der Waals surface area contributed by atoms with Crippen LogP contribution in [0.2, 0.25) is 0 Å². The van der Waals surface area contributed by atoms with Crippen LogP contribution in [0.15, 0.2) is 42.5 Å². The molecule has 2 amide bonds. The third kappa shape index (κ3) is 7.56. The maximum atomic E-state index is 13.7. The molecule has 0 aromatic heterocycles. The van der Waals surface area contributed by atoms with Gasteiger partial charge < -0.3 is 10.2 Å². The van der Waals surface area contributed by atoms with E-state index in [1.165, 1.54) is 4.90 Å². The standard InChI is InChI=1S/C27H39N3O4S/c1-8-22(6)28-27(32)25(9-2)29(17-23-13-11-10-12-20(23)4)26(31)18-30(35(7,33)34)24-15-14-19(3)21(5)16-24/h10-16,22,25H,8-9,17-18H2,1-7H3,(H,28,32)/t22-,25+/m1/s1. The number of sulfonamides is 1. The Hall–Kier alpha value is -2.87. The van der Waals surface area contributed by atoms with Crippen LogP contribution in [0.25, 0.3) is 0 Å². The van der Waals surface area contributed by atoms with Crippen LogP contribution in [0.3, 0.4) is 0 Å². The van der Waals surface area contributed by atoms with Crippen LogP contribution >= 0.6 is 0 Å². The molecule has 2 atom stereocenters. The predicted molar refractivity (Wildman–Crippen MR) is 142 cm³/mol. The summed E-state index contributed by atoms with van der Waals surface area (Å²) in [6, 6.07) is 12.2. The number of nitrogens with one attached hydrogen (secondary N) is 1. The lowest BCUT2D eigenvalue weighted by atomic mass is 10.1. The summed E-state index contributed by atoms with van der Waals surface area (Å²) < 4.78 is 26.6. The van der Waals surface area contributed by atoms with Crippen LogP contribution in [0.4, 0.5) is 5.69 Å². The molecule has 7 nitrogen and oxygen atoms in total. The summed E-state index contributed by atoms with van der Waals surface area (Å²) in [6.45, 7) is 11.4. The number of carbonyl (C=O) groups excluding carboxylic acids is 2. The molecule has 0 spiro atoms. The van der Waals surface area contributed by atoms with E-state index in [-0.39, 0.29) is 25.0 Å². The van der Waals surface area contributed by atoms with Gasteiger partial charge in [0.25, 0.3) is 0 Å². The smallest absolute Gasteiger partial charge is 0.244 e. The van der Waals surface area contributed by atoms with Gasteiger partial charge in [-0.25, -0.2) is 8.42 Å². The second-order valence-electron chi connectivity index (χ2n) is 9.23. The Bertz CT molecular complexity index is 1150. The number of amides is 2. The van der Waals surface area contributed by atoms with Crippen molar-refractivity contribution in [3.63, 3.8) is 0 Å². The van der Waals surface area contributed by atoms with Gasteiger partial charge in [-0.3, -0.25) is 13.9 Å². The molecule has 0 bridgehead atoms. The number of hydrogen-bond acceptors (Lipinski definition) is 4. The van der Waals surface area contributed by atoms with Gasteiger partial charge in [0.1, 0.15) is 12.6 Å². The van der Waals surface area contributed by atoms with E-state index in [0.29, 0.717) is 12.1 Å². The van der Waals surface area contributed by atoms with E-state index in [2.05, 4.69) is 5.32 Å². The molecule has 0 heterocycles. The Labute approximate surface area is 210 Å². The van der Waals surface area contributed by atoms with Crippen LogP contribution in [-0.2, 0) is 26.2 Å². The zero-order chi connectivity index (χ0) is 26.3. The molecule has 0 aliphatic heterocycles. The maximum Gasteiger partial charge on any atom is 0.244 e. The van der Waals surface area contributed by atoms with Crippen molar-refractivity contribution >= 4 is 27.5 Å². The molecule has 0 aliphatic carbocycles. The van der Waals surface area contributed by atoms with Gasteiger partial charge in [0.15, 0.2) is 0 Å². The van der Waals surface area contributed by atoms with E-state index in [4.69, 9.17) is 0 Å². The molecule has 0 saturated heterocycles. The van der Waals surface area contributed by atoms with Crippen molar-refractivity contribution in [2.75, 3.05) is 17.1 Å². The normalized spacial score (nSPS) is 13.1. The first kappa shape index (κ1) is 28.4. The van der Waals surface area contributed by atoms with Gasteiger partial charge in [-0.1, -0.05) is 44.2 Å². The average molecular weight is 502 g/mol. The van der Waals surface area contributed by atoms with E-state index >= 15 is 0 Å². The average Bonchev–Trinajstić information content (AvgIpc) is 2.79. The summed E-state index contributed by atoms with van der Waals surface area (Å²) in [5, 5.41) is 2.98. The SMILES string of the molecule is CC[C@@H](C)NC(=O)[C@H](CC)N(Cc1ccccc1C)C(=O)CN(c1ccc(C)c(C)c1)S(C)(=O)=O. The molecule has 8 heteroatoms. The molecule has 0 fully saturated rings. The maximum absolute atomic E-state index is 13.7. The lowest BCUT2D eigenvalue weighted by Crippen LogP contribution is -2.53. The minimum Gasteiger partial charge on any atom is -0.352 e. The second-order valence-corrected chi connectivity index (χ2v) is 11.1. The Morgan fingerprint density at radius 2 is 1.60 bits per heavy atom.